The molecule has 1 saturated heterocycles. The van der Waals surface area contributed by atoms with Crippen LogP contribution in [-0.2, 0) is 4.79 Å². The van der Waals surface area contributed by atoms with Crippen LogP contribution in [0, 0.1) is 6.92 Å². The van der Waals surface area contributed by atoms with E-state index in [2.05, 4.69) is 43.4 Å². The lowest BCUT2D eigenvalue weighted by molar-refractivity contribution is -0.128. The fourth-order valence-electron chi connectivity index (χ4n) is 3.55. The molecule has 1 aromatic rings. The molecule has 0 bridgehead atoms. The van der Waals surface area contributed by atoms with Gasteiger partial charge < -0.3 is 10.2 Å². The Morgan fingerprint density at radius 1 is 1.29 bits per heavy atom. The first-order valence-corrected chi connectivity index (χ1v) is 8.22. The van der Waals surface area contributed by atoms with E-state index < -0.39 is 0 Å². The van der Waals surface area contributed by atoms with E-state index in [0.717, 1.165) is 25.9 Å². The van der Waals surface area contributed by atoms with Crippen molar-refractivity contribution in [1.29, 1.82) is 0 Å². The second-order valence-corrected chi connectivity index (χ2v) is 6.79. The summed E-state index contributed by atoms with van der Waals surface area (Å²) in [5.41, 5.74) is 2.80. The number of aryl methyl sites for hydroxylation is 1. The summed E-state index contributed by atoms with van der Waals surface area (Å²) in [6, 6.07) is 9.96. The minimum absolute atomic E-state index is 0.329. The molecule has 0 radical (unpaired) electrons. The van der Waals surface area contributed by atoms with Crippen LogP contribution < -0.4 is 5.32 Å². The van der Waals surface area contributed by atoms with Gasteiger partial charge in [0.15, 0.2) is 0 Å². The molecule has 1 aromatic carbocycles. The van der Waals surface area contributed by atoms with E-state index >= 15 is 0 Å². The van der Waals surface area contributed by atoms with Gasteiger partial charge in [0, 0.05) is 31.6 Å². The summed E-state index contributed by atoms with van der Waals surface area (Å²) in [7, 11) is 0. The van der Waals surface area contributed by atoms with Crippen LogP contribution in [0.5, 0.6) is 0 Å². The Labute approximate surface area is 127 Å². The van der Waals surface area contributed by atoms with Crippen molar-refractivity contribution in [2.45, 2.75) is 57.5 Å². The lowest BCUT2D eigenvalue weighted by Gasteiger charge is -2.38. The fourth-order valence-corrected chi connectivity index (χ4v) is 3.55. The molecule has 3 nitrogen and oxygen atoms in total. The summed E-state index contributed by atoms with van der Waals surface area (Å²) < 4.78 is 0. The van der Waals surface area contributed by atoms with E-state index in [1.54, 1.807) is 0 Å². The van der Waals surface area contributed by atoms with Crippen molar-refractivity contribution in [2.24, 2.45) is 0 Å². The number of likely N-dealkylation sites (tertiary alicyclic amines) is 1. The van der Waals surface area contributed by atoms with Gasteiger partial charge in [0.1, 0.15) is 0 Å². The second kappa shape index (κ2) is 6.18. The number of rotatable bonds is 5. The van der Waals surface area contributed by atoms with Gasteiger partial charge in [-0.15, -0.1) is 0 Å². The van der Waals surface area contributed by atoms with E-state index in [0.29, 0.717) is 23.9 Å². The first kappa shape index (κ1) is 14.6. The number of hydrogen-bond donors (Lipinski definition) is 1. The molecule has 1 N–H and O–H groups in total. The third kappa shape index (κ3) is 3.46. The third-order valence-corrected chi connectivity index (χ3v) is 4.87. The Hall–Kier alpha value is -1.35. The first-order chi connectivity index (χ1) is 10.1. The molecule has 1 heterocycles. The lowest BCUT2D eigenvalue weighted by Crippen LogP contribution is -2.48. The van der Waals surface area contributed by atoms with Crippen molar-refractivity contribution >= 4 is 5.91 Å². The highest BCUT2D eigenvalue weighted by molar-refractivity contribution is 5.78. The topological polar surface area (TPSA) is 32.3 Å². The quantitative estimate of drug-likeness (QED) is 0.902. The van der Waals surface area contributed by atoms with Crippen LogP contribution >= 0.6 is 0 Å². The maximum Gasteiger partial charge on any atom is 0.222 e. The molecule has 2 fully saturated rings. The van der Waals surface area contributed by atoms with Crippen LogP contribution in [0.3, 0.4) is 0 Å². The molecule has 2 aliphatic rings. The van der Waals surface area contributed by atoms with Crippen molar-refractivity contribution in [3.05, 3.63) is 35.4 Å². The fraction of sp³-hybridized carbons (Fsp3) is 0.611. The molecule has 1 aliphatic heterocycles. The van der Waals surface area contributed by atoms with Crippen molar-refractivity contribution in [3.63, 3.8) is 0 Å². The van der Waals surface area contributed by atoms with E-state index in [9.17, 15) is 4.79 Å². The van der Waals surface area contributed by atoms with Gasteiger partial charge in [-0.3, -0.25) is 4.79 Å². The number of nitrogens with one attached hydrogen (secondary N) is 1. The molecule has 21 heavy (non-hydrogen) atoms. The van der Waals surface area contributed by atoms with Gasteiger partial charge in [-0.25, -0.2) is 0 Å². The molecule has 1 unspecified atom stereocenters. The summed E-state index contributed by atoms with van der Waals surface area (Å²) >= 11 is 0. The lowest BCUT2D eigenvalue weighted by atomic mass is 9.75. The van der Waals surface area contributed by atoms with E-state index in [1.165, 1.54) is 24.0 Å². The van der Waals surface area contributed by atoms with Gasteiger partial charge in [-0.05, 0) is 44.6 Å². The minimum Gasteiger partial charge on any atom is -0.341 e. The normalized spacial score (nSPS) is 26.8. The van der Waals surface area contributed by atoms with Crippen molar-refractivity contribution < 1.29 is 4.79 Å². The van der Waals surface area contributed by atoms with Crippen molar-refractivity contribution in [2.75, 3.05) is 13.1 Å². The Bertz CT molecular complexity index is 490. The number of carbonyl (C=O) groups excluding carboxylic acids is 1. The molecule has 3 heteroatoms. The van der Waals surface area contributed by atoms with E-state index in [4.69, 9.17) is 0 Å². The van der Waals surface area contributed by atoms with Gasteiger partial charge in [0.2, 0.25) is 5.91 Å². The Kier molecular flexibility index (Phi) is 4.29. The van der Waals surface area contributed by atoms with Crippen LogP contribution in [-0.4, -0.2) is 36.0 Å². The van der Waals surface area contributed by atoms with Crippen LogP contribution in [0.15, 0.2) is 24.3 Å². The first-order valence-electron chi connectivity index (χ1n) is 8.22. The molecule has 1 aliphatic carbocycles. The van der Waals surface area contributed by atoms with Gasteiger partial charge >= 0.3 is 0 Å². The maximum absolute atomic E-state index is 11.6. The Morgan fingerprint density at radius 3 is 2.62 bits per heavy atom. The number of carbonyl (C=O) groups is 1. The third-order valence-electron chi connectivity index (χ3n) is 4.87. The predicted octanol–water partition coefficient (Wildman–Crippen LogP) is 2.84. The van der Waals surface area contributed by atoms with Crippen LogP contribution in [0.1, 0.15) is 49.7 Å². The summed E-state index contributed by atoms with van der Waals surface area (Å²) in [6.45, 7) is 6.15. The molecule has 3 rings (SSSR count). The predicted molar refractivity (Wildman–Crippen MR) is 85.4 cm³/mol. The molecular weight excluding hydrogens is 260 g/mol. The zero-order valence-corrected chi connectivity index (χ0v) is 13.1. The average molecular weight is 286 g/mol. The molecule has 1 atom stereocenters. The molecule has 0 aromatic heterocycles. The number of nitrogens with zero attached hydrogens (tertiary/aromatic N) is 1. The smallest absolute Gasteiger partial charge is 0.222 e. The van der Waals surface area contributed by atoms with Gasteiger partial charge in [0.25, 0.3) is 0 Å². The zero-order valence-electron chi connectivity index (χ0n) is 13.1. The van der Waals surface area contributed by atoms with Crippen molar-refractivity contribution in [1.82, 2.24) is 10.2 Å². The van der Waals surface area contributed by atoms with E-state index in [-0.39, 0.29) is 0 Å². The molecule has 0 spiro atoms. The molecule has 114 valence electrons. The highest BCUT2D eigenvalue weighted by atomic mass is 16.2. The average Bonchev–Trinajstić information content (AvgIpc) is 2.80. The number of benzene rings is 1. The van der Waals surface area contributed by atoms with Gasteiger partial charge in [-0.1, -0.05) is 29.8 Å². The SMILES string of the molecule is Cc1ccc(C2CC(NC(C)CN3CCCC3=O)C2)cc1. The van der Waals surface area contributed by atoms with E-state index in [1.807, 2.05) is 4.90 Å². The number of hydrogen-bond acceptors (Lipinski definition) is 2. The monoisotopic (exact) mass is 286 g/mol. The molecule has 1 saturated carbocycles. The Balaban J connectivity index is 1.42. The summed E-state index contributed by atoms with van der Waals surface area (Å²) in [5, 5.41) is 3.68. The zero-order chi connectivity index (χ0) is 14.8. The minimum atomic E-state index is 0.329. The maximum atomic E-state index is 11.6. The van der Waals surface area contributed by atoms with Gasteiger partial charge in [0.05, 0.1) is 0 Å². The van der Waals surface area contributed by atoms with Crippen LogP contribution in [0.2, 0.25) is 0 Å². The van der Waals surface area contributed by atoms with Crippen LogP contribution in [0.25, 0.3) is 0 Å². The highest BCUT2D eigenvalue weighted by Gasteiger charge is 2.31. The standard InChI is InChI=1S/C18H26N2O/c1-13-5-7-15(8-6-13)16-10-17(11-16)19-14(2)12-20-9-3-4-18(20)21/h5-8,14,16-17,19H,3-4,9-12H2,1-2H3. The summed E-state index contributed by atoms with van der Waals surface area (Å²) in [6.07, 6.45) is 4.22. The second-order valence-electron chi connectivity index (χ2n) is 6.79. The summed E-state index contributed by atoms with van der Waals surface area (Å²) in [5.74, 6) is 1.04. The highest BCUT2D eigenvalue weighted by Crippen LogP contribution is 2.37. The largest absolute Gasteiger partial charge is 0.341 e. The van der Waals surface area contributed by atoms with Crippen molar-refractivity contribution in [3.8, 4) is 0 Å². The van der Waals surface area contributed by atoms with Gasteiger partial charge in [-0.2, -0.15) is 0 Å². The summed E-state index contributed by atoms with van der Waals surface area (Å²) in [4.78, 5) is 13.6. The number of amides is 1. The van der Waals surface area contributed by atoms with Crippen LogP contribution in [0.4, 0.5) is 0 Å². The molecule has 1 amide bonds. The Morgan fingerprint density at radius 2 is 2.00 bits per heavy atom. The molecular formula is C18H26N2O.